The van der Waals surface area contributed by atoms with Crippen molar-refractivity contribution in [3.05, 3.63) is 22.6 Å². The number of nitrogens with two attached hydrogens (primary N) is 1. The van der Waals surface area contributed by atoms with Gasteiger partial charge in [-0.15, -0.1) is 0 Å². The average molecular weight is 210 g/mol. The smallest absolute Gasteiger partial charge is 0.268 e. The molecule has 82 valence electrons. The fourth-order valence-corrected chi connectivity index (χ4v) is 1.05. The van der Waals surface area contributed by atoms with Crippen LogP contribution in [0.1, 0.15) is 6.42 Å². The van der Waals surface area contributed by atoms with Crippen molar-refractivity contribution in [1.29, 1.82) is 0 Å². The molecule has 0 bridgehead atoms. The van der Waals surface area contributed by atoms with Crippen LogP contribution in [0.3, 0.4) is 0 Å². The number of carbonyl (C=O) groups excluding carboxylic acids is 1. The van der Waals surface area contributed by atoms with Crippen LogP contribution in [0.25, 0.3) is 0 Å². The van der Waals surface area contributed by atoms with E-state index in [0.29, 0.717) is 0 Å². The van der Waals surface area contributed by atoms with E-state index in [9.17, 15) is 9.59 Å². The third-order valence-corrected chi connectivity index (χ3v) is 1.94. The molecule has 0 atom stereocenters. The Kier molecular flexibility index (Phi) is 3.43. The minimum atomic E-state index is -0.444. The summed E-state index contributed by atoms with van der Waals surface area (Å²) in [5.74, 6) is -0.444. The van der Waals surface area contributed by atoms with Crippen molar-refractivity contribution in [2.24, 2.45) is 5.73 Å². The highest BCUT2D eigenvalue weighted by Crippen LogP contribution is 2.03. The summed E-state index contributed by atoms with van der Waals surface area (Å²) in [4.78, 5) is 23.8. The molecule has 0 radical (unpaired) electrons. The second-order valence-corrected chi connectivity index (χ2v) is 3.39. The first-order valence-corrected chi connectivity index (χ1v) is 4.53. The molecule has 0 aliphatic heterocycles. The Morgan fingerprint density at radius 2 is 2.27 bits per heavy atom. The molecule has 0 aliphatic carbocycles. The number of aryl methyl sites for hydroxylation is 1. The number of amides is 1. The first-order chi connectivity index (χ1) is 7.00. The molecule has 0 aromatic carbocycles. The predicted octanol–water partition coefficient (Wildman–Crippen LogP) is -0.815. The van der Waals surface area contributed by atoms with Crippen LogP contribution < -0.4 is 16.2 Å². The molecule has 0 aliphatic rings. The molecule has 0 saturated heterocycles. The van der Waals surface area contributed by atoms with Crippen molar-refractivity contribution in [2.75, 3.05) is 19.0 Å². The van der Waals surface area contributed by atoms with Crippen molar-refractivity contribution in [3.8, 4) is 0 Å². The van der Waals surface area contributed by atoms with Crippen molar-refractivity contribution in [1.82, 2.24) is 9.78 Å². The van der Waals surface area contributed by atoms with E-state index >= 15 is 0 Å². The lowest BCUT2D eigenvalue weighted by molar-refractivity contribution is -0.118. The van der Waals surface area contributed by atoms with Gasteiger partial charge in [0.15, 0.2) is 0 Å². The first-order valence-electron chi connectivity index (χ1n) is 4.53. The molecule has 15 heavy (non-hydrogen) atoms. The van der Waals surface area contributed by atoms with Crippen molar-refractivity contribution in [2.45, 2.75) is 13.0 Å². The highest BCUT2D eigenvalue weighted by Gasteiger charge is 2.02. The molecule has 1 rings (SSSR count). The zero-order valence-electron chi connectivity index (χ0n) is 8.80. The van der Waals surface area contributed by atoms with Gasteiger partial charge in [-0.25, -0.2) is 4.68 Å². The van der Waals surface area contributed by atoms with Gasteiger partial charge in [0, 0.05) is 26.6 Å². The molecular weight excluding hydrogens is 196 g/mol. The standard InChI is InChI=1S/C9H14N4O2/c1-12(2)7-5-9(15)13(11-6-7)4-3-8(10)14/h5-6H,3-4H2,1-2H3,(H2,10,14). The Morgan fingerprint density at radius 1 is 1.60 bits per heavy atom. The van der Waals surface area contributed by atoms with E-state index in [2.05, 4.69) is 5.10 Å². The number of carbonyl (C=O) groups is 1. The molecule has 6 nitrogen and oxygen atoms in total. The molecule has 6 heteroatoms. The summed E-state index contributed by atoms with van der Waals surface area (Å²) in [5, 5.41) is 3.93. The van der Waals surface area contributed by atoms with E-state index in [1.54, 1.807) is 11.1 Å². The zero-order valence-corrected chi connectivity index (χ0v) is 8.80. The van der Waals surface area contributed by atoms with E-state index in [1.807, 2.05) is 14.1 Å². The number of primary amides is 1. The summed E-state index contributed by atoms with van der Waals surface area (Å²) in [6, 6.07) is 1.47. The zero-order chi connectivity index (χ0) is 11.4. The quantitative estimate of drug-likeness (QED) is 0.704. The Bertz CT molecular complexity index is 411. The van der Waals surface area contributed by atoms with Crippen LogP contribution in [0.2, 0.25) is 0 Å². The lowest BCUT2D eigenvalue weighted by Gasteiger charge is -2.11. The number of aromatic nitrogens is 2. The lowest BCUT2D eigenvalue weighted by Crippen LogP contribution is -2.26. The van der Waals surface area contributed by atoms with E-state index < -0.39 is 5.91 Å². The largest absolute Gasteiger partial charge is 0.376 e. The SMILES string of the molecule is CN(C)c1cnn(CCC(N)=O)c(=O)c1. The monoisotopic (exact) mass is 210 g/mol. The second kappa shape index (κ2) is 4.59. The van der Waals surface area contributed by atoms with Gasteiger partial charge in [-0.2, -0.15) is 5.10 Å². The number of nitrogens with zero attached hydrogens (tertiary/aromatic N) is 3. The van der Waals surface area contributed by atoms with Gasteiger partial charge in [-0.1, -0.05) is 0 Å². The first kappa shape index (κ1) is 11.2. The summed E-state index contributed by atoms with van der Waals surface area (Å²) < 4.78 is 1.22. The van der Waals surface area contributed by atoms with E-state index in [-0.39, 0.29) is 18.5 Å². The van der Waals surface area contributed by atoms with Gasteiger partial charge in [0.1, 0.15) is 0 Å². The molecule has 2 N–H and O–H groups in total. The molecule has 1 aromatic rings. The third-order valence-electron chi connectivity index (χ3n) is 1.94. The Balaban J connectivity index is 2.84. The van der Waals surface area contributed by atoms with Crippen LogP contribution >= 0.6 is 0 Å². The summed E-state index contributed by atoms with van der Waals surface area (Å²) in [5.41, 5.74) is 5.48. The highest BCUT2D eigenvalue weighted by atomic mass is 16.1. The minimum absolute atomic E-state index is 0.119. The second-order valence-electron chi connectivity index (χ2n) is 3.39. The average Bonchev–Trinajstić information content (AvgIpc) is 2.15. The van der Waals surface area contributed by atoms with E-state index in [1.165, 1.54) is 10.7 Å². The summed E-state index contributed by atoms with van der Waals surface area (Å²) in [6.07, 6.45) is 1.69. The molecule has 0 unspecified atom stereocenters. The van der Waals surface area contributed by atoms with Gasteiger partial charge < -0.3 is 10.6 Å². The molecule has 1 heterocycles. The van der Waals surface area contributed by atoms with Crippen molar-refractivity contribution in [3.63, 3.8) is 0 Å². The molecule has 0 saturated carbocycles. The van der Waals surface area contributed by atoms with Gasteiger partial charge in [0.05, 0.1) is 18.4 Å². The van der Waals surface area contributed by atoms with Gasteiger partial charge in [-0.3, -0.25) is 9.59 Å². The molecule has 1 amide bonds. The Morgan fingerprint density at radius 3 is 2.73 bits per heavy atom. The maximum atomic E-state index is 11.5. The van der Waals surface area contributed by atoms with Gasteiger partial charge in [-0.05, 0) is 0 Å². The fraction of sp³-hybridized carbons (Fsp3) is 0.444. The van der Waals surface area contributed by atoms with Crippen molar-refractivity contribution < 1.29 is 4.79 Å². The number of hydrogen-bond donors (Lipinski definition) is 1. The number of anilines is 1. The number of rotatable bonds is 4. The Labute approximate surface area is 87.3 Å². The summed E-state index contributed by atoms with van der Waals surface area (Å²) in [7, 11) is 3.65. The maximum Gasteiger partial charge on any atom is 0.268 e. The molecule has 1 aromatic heterocycles. The Hall–Kier alpha value is -1.85. The topological polar surface area (TPSA) is 81.2 Å². The maximum absolute atomic E-state index is 11.5. The van der Waals surface area contributed by atoms with Crippen LogP contribution in [0.4, 0.5) is 5.69 Å². The molecule has 0 fully saturated rings. The minimum Gasteiger partial charge on any atom is -0.376 e. The lowest BCUT2D eigenvalue weighted by atomic mass is 10.4. The number of hydrogen-bond acceptors (Lipinski definition) is 4. The van der Waals surface area contributed by atoms with Crippen LogP contribution in [0.5, 0.6) is 0 Å². The summed E-state index contributed by atoms with van der Waals surface area (Å²) >= 11 is 0. The molecular formula is C9H14N4O2. The predicted molar refractivity (Wildman–Crippen MR) is 56.6 cm³/mol. The van der Waals surface area contributed by atoms with E-state index in [0.717, 1.165) is 5.69 Å². The van der Waals surface area contributed by atoms with Gasteiger partial charge >= 0.3 is 0 Å². The molecule has 0 spiro atoms. The van der Waals surface area contributed by atoms with Crippen LogP contribution in [0, 0.1) is 0 Å². The normalized spacial score (nSPS) is 10.0. The van der Waals surface area contributed by atoms with Crippen LogP contribution in [-0.2, 0) is 11.3 Å². The van der Waals surface area contributed by atoms with Crippen molar-refractivity contribution >= 4 is 11.6 Å². The third kappa shape index (κ3) is 3.08. The van der Waals surface area contributed by atoms with Crippen LogP contribution in [0.15, 0.2) is 17.1 Å². The summed E-state index contributed by atoms with van der Waals surface area (Å²) in [6.45, 7) is 0.224. The van der Waals surface area contributed by atoms with Gasteiger partial charge in [0.25, 0.3) is 5.56 Å². The van der Waals surface area contributed by atoms with Gasteiger partial charge in [0.2, 0.25) is 5.91 Å². The fourth-order valence-electron chi connectivity index (χ4n) is 1.05. The van der Waals surface area contributed by atoms with Crippen LogP contribution in [-0.4, -0.2) is 29.8 Å². The highest BCUT2D eigenvalue weighted by molar-refractivity contribution is 5.73. The van der Waals surface area contributed by atoms with E-state index in [4.69, 9.17) is 5.73 Å².